The first-order chi connectivity index (χ1) is 9.06. The molecule has 0 saturated heterocycles. The number of nitrogens with one attached hydrogen (secondary N) is 1. The molecule has 0 aliphatic carbocycles. The molecule has 0 spiro atoms. The molecule has 3 N–H and O–H groups in total. The van der Waals surface area contributed by atoms with Crippen molar-refractivity contribution in [2.45, 2.75) is 6.54 Å². The van der Waals surface area contributed by atoms with Gasteiger partial charge in [0, 0.05) is 5.56 Å². The van der Waals surface area contributed by atoms with Crippen LogP contribution in [-0.4, -0.2) is 22.1 Å². The highest BCUT2D eigenvalue weighted by Crippen LogP contribution is 2.11. The summed E-state index contributed by atoms with van der Waals surface area (Å²) in [4.78, 5) is 22.3. The SMILES string of the molecule is O=C(NCc1ccc(C(=O)O)o1)c1cccc(O)c1. The van der Waals surface area contributed by atoms with Crippen molar-refractivity contribution in [1.82, 2.24) is 5.32 Å². The lowest BCUT2D eigenvalue weighted by molar-refractivity contribution is 0.0660. The van der Waals surface area contributed by atoms with Crippen LogP contribution < -0.4 is 5.32 Å². The fraction of sp³-hybridized carbons (Fsp3) is 0.0769. The zero-order valence-corrected chi connectivity index (χ0v) is 9.79. The van der Waals surface area contributed by atoms with Gasteiger partial charge in [-0.3, -0.25) is 4.79 Å². The largest absolute Gasteiger partial charge is 0.508 e. The Hall–Kier alpha value is -2.76. The molecule has 0 aliphatic heterocycles. The molecule has 98 valence electrons. The number of hydrogen-bond donors (Lipinski definition) is 3. The summed E-state index contributed by atoms with van der Waals surface area (Å²) < 4.78 is 4.99. The number of carbonyl (C=O) groups excluding carboxylic acids is 1. The van der Waals surface area contributed by atoms with E-state index in [1.54, 1.807) is 12.1 Å². The maximum atomic E-state index is 11.7. The summed E-state index contributed by atoms with van der Waals surface area (Å²) in [5.74, 6) is -1.39. The van der Waals surface area contributed by atoms with Gasteiger partial charge in [-0.25, -0.2) is 4.79 Å². The van der Waals surface area contributed by atoms with E-state index < -0.39 is 5.97 Å². The molecule has 2 aromatic rings. The second kappa shape index (κ2) is 5.26. The van der Waals surface area contributed by atoms with Crippen molar-refractivity contribution in [3.05, 3.63) is 53.5 Å². The van der Waals surface area contributed by atoms with Crippen LogP contribution in [-0.2, 0) is 6.54 Å². The number of phenolic OH excluding ortho intramolecular Hbond substituents is 1. The molecule has 19 heavy (non-hydrogen) atoms. The third-order valence-corrected chi connectivity index (χ3v) is 2.40. The standard InChI is InChI=1S/C13H11NO5/c15-9-3-1-2-8(6-9)12(16)14-7-10-4-5-11(19-10)13(17)18/h1-6,15H,7H2,(H,14,16)(H,17,18). The summed E-state index contributed by atoms with van der Waals surface area (Å²) in [5, 5.41) is 20.5. The average Bonchev–Trinajstić information content (AvgIpc) is 2.85. The van der Waals surface area contributed by atoms with E-state index in [4.69, 9.17) is 9.52 Å². The van der Waals surface area contributed by atoms with Crippen LogP contribution in [0.1, 0.15) is 26.7 Å². The van der Waals surface area contributed by atoms with E-state index in [1.165, 1.54) is 24.3 Å². The monoisotopic (exact) mass is 261 g/mol. The van der Waals surface area contributed by atoms with Crippen molar-refractivity contribution in [3.8, 4) is 5.75 Å². The minimum atomic E-state index is -1.16. The maximum absolute atomic E-state index is 11.7. The molecule has 0 radical (unpaired) electrons. The number of amides is 1. The fourth-order valence-corrected chi connectivity index (χ4v) is 1.50. The molecule has 0 saturated carbocycles. The van der Waals surface area contributed by atoms with Crippen molar-refractivity contribution >= 4 is 11.9 Å². The van der Waals surface area contributed by atoms with Crippen LogP contribution in [0.15, 0.2) is 40.8 Å². The Morgan fingerprint density at radius 1 is 1.21 bits per heavy atom. The highest BCUT2D eigenvalue weighted by atomic mass is 16.4. The molecule has 0 unspecified atom stereocenters. The summed E-state index contributed by atoms with van der Waals surface area (Å²) in [5.41, 5.74) is 0.310. The van der Waals surface area contributed by atoms with E-state index in [0.29, 0.717) is 11.3 Å². The highest BCUT2D eigenvalue weighted by Gasteiger charge is 2.10. The van der Waals surface area contributed by atoms with Gasteiger partial charge >= 0.3 is 5.97 Å². The van der Waals surface area contributed by atoms with Gasteiger partial charge in [0.2, 0.25) is 5.76 Å². The summed E-state index contributed by atoms with van der Waals surface area (Å²) in [7, 11) is 0. The molecule has 0 atom stereocenters. The van der Waals surface area contributed by atoms with Crippen LogP contribution >= 0.6 is 0 Å². The molecule has 6 heteroatoms. The van der Waals surface area contributed by atoms with Crippen molar-refractivity contribution in [2.24, 2.45) is 0 Å². The van der Waals surface area contributed by atoms with Gasteiger partial charge in [0.05, 0.1) is 6.54 Å². The Bertz CT molecular complexity index is 617. The van der Waals surface area contributed by atoms with E-state index in [0.717, 1.165) is 0 Å². The maximum Gasteiger partial charge on any atom is 0.371 e. The number of phenols is 1. The molecular weight excluding hydrogens is 250 g/mol. The Balaban J connectivity index is 1.98. The molecular formula is C13H11NO5. The summed E-state index contributed by atoms with van der Waals surface area (Å²) in [6.45, 7) is 0.0712. The van der Waals surface area contributed by atoms with Crippen molar-refractivity contribution in [1.29, 1.82) is 0 Å². The van der Waals surface area contributed by atoms with Crippen LogP contribution in [0.5, 0.6) is 5.75 Å². The first kappa shape index (κ1) is 12.7. The summed E-state index contributed by atoms with van der Waals surface area (Å²) >= 11 is 0. The third kappa shape index (κ3) is 3.12. The molecule has 6 nitrogen and oxygen atoms in total. The van der Waals surface area contributed by atoms with Crippen LogP contribution in [0.4, 0.5) is 0 Å². The van der Waals surface area contributed by atoms with Gasteiger partial charge in [-0.15, -0.1) is 0 Å². The van der Waals surface area contributed by atoms with Crippen LogP contribution in [0.3, 0.4) is 0 Å². The predicted octanol–water partition coefficient (Wildman–Crippen LogP) is 1.61. The number of furan rings is 1. The van der Waals surface area contributed by atoms with Gasteiger partial charge in [-0.2, -0.15) is 0 Å². The third-order valence-electron chi connectivity index (χ3n) is 2.40. The number of benzene rings is 1. The van der Waals surface area contributed by atoms with Crippen molar-refractivity contribution < 1.29 is 24.2 Å². The quantitative estimate of drug-likeness (QED) is 0.776. The van der Waals surface area contributed by atoms with Gasteiger partial charge in [0.1, 0.15) is 11.5 Å². The zero-order chi connectivity index (χ0) is 13.8. The Morgan fingerprint density at radius 2 is 2.00 bits per heavy atom. The topological polar surface area (TPSA) is 99.8 Å². The Kier molecular flexibility index (Phi) is 3.51. The smallest absolute Gasteiger partial charge is 0.371 e. The van der Waals surface area contributed by atoms with E-state index in [2.05, 4.69) is 5.32 Å². The Labute approximate surface area is 108 Å². The van der Waals surface area contributed by atoms with E-state index in [-0.39, 0.29) is 24.0 Å². The van der Waals surface area contributed by atoms with Gasteiger partial charge in [0.25, 0.3) is 5.91 Å². The number of carboxylic acids is 1. The minimum Gasteiger partial charge on any atom is -0.508 e. The molecule has 0 bridgehead atoms. The average molecular weight is 261 g/mol. The van der Waals surface area contributed by atoms with E-state index in [1.807, 2.05) is 0 Å². The molecule has 0 aliphatic rings. The van der Waals surface area contributed by atoms with Crippen molar-refractivity contribution in [3.63, 3.8) is 0 Å². The molecule has 1 aromatic carbocycles. The highest BCUT2D eigenvalue weighted by molar-refractivity contribution is 5.94. The second-order valence-electron chi connectivity index (χ2n) is 3.80. The molecule has 2 rings (SSSR count). The number of rotatable bonds is 4. The number of aromatic carboxylic acids is 1. The van der Waals surface area contributed by atoms with Crippen LogP contribution in [0, 0.1) is 0 Å². The second-order valence-corrected chi connectivity index (χ2v) is 3.80. The lowest BCUT2D eigenvalue weighted by Crippen LogP contribution is -2.22. The number of carbonyl (C=O) groups is 2. The summed E-state index contributed by atoms with van der Waals surface area (Å²) in [6.07, 6.45) is 0. The van der Waals surface area contributed by atoms with Gasteiger partial charge in [0.15, 0.2) is 0 Å². The van der Waals surface area contributed by atoms with Gasteiger partial charge in [-0.1, -0.05) is 6.07 Å². The predicted molar refractivity (Wildman–Crippen MR) is 64.9 cm³/mol. The molecule has 1 amide bonds. The zero-order valence-electron chi connectivity index (χ0n) is 9.79. The number of carboxylic acid groups (broad SMARTS) is 1. The summed E-state index contributed by atoms with van der Waals surface area (Å²) in [6, 6.07) is 8.70. The van der Waals surface area contributed by atoms with E-state index in [9.17, 15) is 14.7 Å². The van der Waals surface area contributed by atoms with Gasteiger partial charge < -0.3 is 19.9 Å². The number of hydrogen-bond acceptors (Lipinski definition) is 4. The van der Waals surface area contributed by atoms with Gasteiger partial charge in [-0.05, 0) is 30.3 Å². The molecule has 1 aromatic heterocycles. The molecule has 0 fully saturated rings. The lowest BCUT2D eigenvalue weighted by atomic mass is 10.2. The van der Waals surface area contributed by atoms with Crippen LogP contribution in [0.25, 0.3) is 0 Å². The first-order valence-electron chi connectivity index (χ1n) is 5.45. The normalized spacial score (nSPS) is 10.1. The first-order valence-corrected chi connectivity index (χ1v) is 5.45. The van der Waals surface area contributed by atoms with Crippen LogP contribution in [0.2, 0.25) is 0 Å². The minimum absolute atomic E-state index is 0.00110. The van der Waals surface area contributed by atoms with E-state index >= 15 is 0 Å². The van der Waals surface area contributed by atoms with Crippen molar-refractivity contribution in [2.75, 3.05) is 0 Å². The number of aromatic hydroxyl groups is 1. The molecule has 1 heterocycles. The Morgan fingerprint density at radius 3 is 2.63 bits per heavy atom. The fourth-order valence-electron chi connectivity index (χ4n) is 1.50. The lowest BCUT2D eigenvalue weighted by Gasteiger charge is -2.03.